The Morgan fingerprint density at radius 1 is 1.18 bits per heavy atom. The van der Waals surface area contributed by atoms with Gasteiger partial charge in [0.05, 0.1) is 23.9 Å². The molecule has 0 spiro atoms. The van der Waals surface area contributed by atoms with Crippen LogP contribution in [0, 0.1) is 28.8 Å². The van der Waals surface area contributed by atoms with Crippen molar-refractivity contribution < 1.29 is 17.9 Å². The molecule has 0 unspecified atom stereocenters. The van der Waals surface area contributed by atoms with Gasteiger partial charge in [-0.1, -0.05) is 0 Å². The van der Waals surface area contributed by atoms with E-state index in [4.69, 9.17) is 4.74 Å². The van der Waals surface area contributed by atoms with Gasteiger partial charge in [-0.3, -0.25) is 9.69 Å². The van der Waals surface area contributed by atoms with Gasteiger partial charge in [-0.2, -0.15) is 5.26 Å². The lowest BCUT2D eigenvalue weighted by molar-refractivity contribution is 0.0666. The van der Waals surface area contributed by atoms with Gasteiger partial charge in [0.1, 0.15) is 17.3 Å². The van der Waals surface area contributed by atoms with E-state index in [9.17, 15) is 23.2 Å². The van der Waals surface area contributed by atoms with Gasteiger partial charge in [0.2, 0.25) is 0 Å². The first-order valence-corrected chi connectivity index (χ1v) is 10.8. The molecule has 0 bridgehead atoms. The Balaban J connectivity index is 1.70. The number of methoxy groups -OCH3 is 1. The number of aromatic nitrogens is 2. The first-order valence-electron chi connectivity index (χ1n) is 10.8. The molecule has 10 heteroatoms. The second kappa shape index (κ2) is 9.44. The van der Waals surface area contributed by atoms with E-state index in [1.54, 1.807) is 26.3 Å². The van der Waals surface area contributed by atoms with Gasteiger partial charge in [0, 0.05) is 45.9 Å². The Morgan fingerprint density at radius 2 is 1.88 bits per heavy atom. The van der Waals surface area contributed by atoms with E-state index in [1.807, 2.05) is 22.8 Å². The molecule has 0 radical (unpaired) electrons. The molecule has 0 N–H and O–H groups in total. The number of hydrogen-bond donors (Lipinski definition) is 0. The van der Waals surface area contributed by atoms with Gasteiger partial charge in [0.15, 0.2) is 17.5 Å². The van der Waals surface area contributed by atoms with Crippen molar-refractivity contribution >= 4 is 16.7 Å². The predicted molar refractivity (Wildman–Crippen MR) is 121 cm³/mol. The highest BCUT2D eigenvalue weighted by atomic mass is 19.2. The molecule has 3 heterocycles. The Bertz CT molecular complexity index is 1310. The van der Waals surface area contributed by atoms with Crippen LogP contribution >= 0.6 is 0 Å². The lowest BCUT2D eigenvalue weighted by Crippen LogP contribution is -2.58. The summed E-state index contributed by atoms with van der Waals surface area (Å²) in [5, 5.41) is 9.32. The number of pyridine rings is 2. The molecule has 0 amide bonds. The van der Waals surface area contributed by atoms with Crippen LogP contribution in [0.5, 0.6) is 0 Å². The third kappa shape index (κ3) is 4.36. The maximum Gasteiger partial charge on any atom is 0.252 e. The van der Waals surface area contributed by atoms with Crippen LogP contribution in [0.15, 0.2) is 35.1 Å². The summed E-state index contributed by atoms with van der Waals surface area (Å²) in [6, 6.07) is 8.54. The second-order valence-corrected chi connectivity index (χ2v) is 8.52. The van der Waals surface area contributed by atoms with Crippen LogP contribution in [-0.2, 0) is 18.3 Å². The van der Waals surface area contributed by atoms with Gasteiger partial charge in [0.25, 0.3) is 5.56 Å². The maximum absolute atomic E-state index is 13.8. The van der Waals surface area contributed by atoms with Crippen molar-refractivity contribution in [2.45, 2.75) is 25.6 Å². The number of aryl methyl sites for hydroxylation is 1. The van der Waals surface area contributed by atoms with Crippen LogP contribution in [0.1, 0.15) is 18.2 Å². The summed E-state index contributed by atoms with van der Waals surface area (Å²) in [5.74, 6) is -3.94. The van der Waals surface area contributed by atoms with Crippen LogP contribution in [-0.4, -0.2) is 53.3 Å². The van der Waals surface area contributed by atoms with Gasteiger partial charge in [-0.25, -0.2) is 18.2 Å². The number of halogens is 3. The quantitative estimate of drug-likeness (QED) is 0.533. The highest BCUT2D eigenvalue weighted by Crippen LogP contribution is 2.29. The number of nitrogens with zero attached hydrogens (tertiary/aromatic N) is 5. The summed E-state index contributed by atoms with van der Waals surface area (Å²) >= 11 is 0. The molecule has 34 heavy (non-hydrogen) atoms. The molecule has 3 aromatic rings. The van der Waals surface area contributed by atoms with Gasteiger partial charge >= 0.3 is 0 Å². The summed E-state index contributed by atoms with van der Waals surface area (Å²) in [6.45, 7) is 3.44. The number of hydrogen-bond acceptors (Lipinski definition) is 6. The first kappa shape index (κ1) is 23.7. The smallest absolute Gasteiger partial charge is 0.252 e. The molecule has 1 fully saturated rings. The van der Waals surface area contributed by atoms with Crippen LogP contribution in [0.25, 0.3) is 11.0 Å². The summed E-state index contributed by atoms with van der Waals surface area (Å²) in [5.41, 5.74) is 2.12. The molecular weight excluding hydrogens is 447 g/mol. The van der Waals surface area contributed by atoms with E-state index in [0.717, 1.165) is 12.1 Å². The first-order chi connectivity index (χ1) is 16.2. The molecule has 7 nitrogen and oxygen atoms in total. The fourth-order valence-electron chi connectivity index (χ4n) is 4.52. The summed E-state index contributed by atoms with van der Waals surface area (Å²) < 4.78 is 47.8. The second-order valence-electron chi connectivity index (χ2n) is 8.52. The number of benzene rings is 1. The molecule has 2 atom stereocenters. The Hall–Kier alpha value is -3.42. The van der Waals surface area contributed by atoms with Crippen LogP contribution < -0.4 is 10.5 Å². The van der Waals surface area contributed by atoms with Crippen molar-refractivity contribution in [1.82, 2.24) is 14.5 Å². The highest BCUT2D eigenvalue weighted by Gasteiger charge is 2.33. The Kier molecular flexibility index (Phi) is 6.59. The maximum atomic E-state index is 13.8. The molecule has 178 valence electrons. The van der Waals surface area contributed by atoms with Crippen LogP contribution in [0.4, 0.5) is 18.9 Å². The third-order valence-corrected chi connectivity index (χ3v) is 6.24. The topological polar surface area (TPSA) is 74.4 Å². The van der Waals surface area contributed by atoms with E-state index in [1.165, 1.54) is 10.6 Å². The van der Waals surface area contributed by atoms with E-state index < -0.39 is 17.5 Å². The predicted octanol–water partition coefficient (Wildman–Crippen LogP) is 2.95. The van der Waals surface area contributed by atoms with Crippen molar-refractivity contribution in [1.29, 1.82) is 5.26 Å². The van der Waals surface area contributed by atoms with Gasteiger partial charge in [-0.05, 0) is 36.8 Å². The lowest BCUT2D eigenvalue weighted by atomic mass is 10.0. The fraction of sp³-hybridized carbons (Fsp3) is 0.375. The largest absolute Gasteiger partial charge is 0.383 e. The molecule has 0 aliphatic carbocycles. The summed E-state index contributed by atoms with van der Waals surface area (Å²) in [7, 11) is 3.21. The Labute approximate surface area is 194 Å². The van der Waals surface area contributed by atoms with Crippen molar-refractivity contribution in [3.05, 3.63) is 69.4 Å². The molecule has 4 rings (SSSR count). The zero-order valence-corrected chi connectivity index (χ0v) is 19.1. The minimum absolute atomic E-state index is 0.105. The van der Waals surface area contributed by atoms with E-state index in [2.05, 4.69) is 4.98 Å². The molecule has 0 saturated carbocycles. The van der Waals surface area contributed by atoms with Crippen LogP contribution in [0.2, 0.25) is 0 Å². The van der Waals surface area contributed by atoms with Crippen molar-refractivity contribution in [3.8, 4) is 6.07 Å². The van der Waals surface area contributed by atoms with Crippen molar-refractivity contribution in [2.24, 2.45) is 7.05 Å². The summed E-state index contributed by atoms with van der Waals surface area (Å²) in [4.78, 5) is 21.2. The average molecular weight is 471 g/mol. The Morgan fingerprint density at radius 3 is 2.53 bits per heavy atom. The summed E-state index contributed by atoms with van der Waals surface area (Å²) in [6.07, 6.45) is 0. The third-order valence-electron chi connectivity index (χ3n) is 6.24. The van der Waals surface area contributed by atoms with Gasteiger partial charge in [-0.15, -0.1) is 0 Å². The molecule has 1 aliphatic rings. The number of piperazine rings is 1. The number of fused-ring (bicyclic) bond motifs is 1. The number of ether oxygens (including phenoxy) is 1. The van der Waals surface area contributed by atoms with Crippen LogP contribution in [0.3, 0.4) is 0 Å². The zero-order chi connectivity index (χ0) is 24.6. The average Bonchev–Trinajstić information content (AvgIpc) is 2.81. The number of rotatable bonds is 5. The van der Waals surface area contributed by atoms with Gasteiger partial charge < -0.3 is 14.2 Å². The molecule has 2 aromatic heterocycles. The lowest BCUT2D eigenvalue weighted by Gasteiger charge is -2.46. The number of nitriles is 1. The van der Waals surface area contributed by atoms with Crippen molar-refractivity contribution in [3.63, 3.8) is 0 Å². The monoisotopic (exact) mass is 471 g/mol. The SMILES string of the molecule is COC[C@@H]1CN(c2cc(=O)n(C)c3ccc(C#N)nc23)[C@@H](C)CN1Cc1cc(F)c(F)c(F)c1. The molecule has 1 aliphatic heterocycles. The van der Waals surface area contributed by atoms with Crippen molar-refractivity contribution in [2.75, 3.05) is 31.7 Å². The van der Waals surface area contributed by atoms with E-state index in [0.29, 0.717) is 42.0 Å². The molecule has 1 saturated heterocycles. The van der Waals surface area contributed by atoms with E-state index >= 15 is 0 Å². The standard InChI is InChI=1S/C24H24F3N5O2/c1-14-10-31(11-15-6-18(25)23(27)19(26)7-15)17(13-34-3)12-32(14)21-8-22(33)30(2)20-5-4-16(9-28)29-24(20)21/h4-8,14,17H,10-13H2,1-3H3/t14-,17-/m0/s1. The molecule has 1 aromatic carbocycles. The number of anilines is 1. The fourth-order valence-corrected chi connectivity index (χ4v) is 4.52. The molecular formula is C24H24F3N5O2. The normalized spacial score (nSPS) is 18.9. The highest BCUT2D eigenvalue weighted by molar-refractivity contribution is 5.89. The van der Waals surface area contributed by atoms with E-state index in [-0.39, 0.29) is 29.9 Å². The minimum Gasteiger partial charge on any atom is -0.383 e. The zero-order valence-electron chi connectivity index (χ0n) is 19.1. The minimum atomic E-state index is -1.49.